The van der Waals surface area contributed by atoms with Crippen LogP contribution in [0.3, 0.4) is 0 Å². The third kappa shape index (κ3) is 2.60. The Labute approximate surface area is 157 Å². The molecular weight excluding hydrogens is 364 g/mol. The van der Waals surface area contributed by atoms with E-state index in [2.05, 4.69) is 30.5 Å². The molecule has 0 unspecified atom stereocenters. The molecule has 0 bridgehead atoms. The van der Waals surface area contributed by atoms with E-state index in [1.807, 2.05) is 12.1 Å². The van der Waals surface area contributed by atoms with Crippen LogP contribution in [0.4, 0.5) is 0 Å². The highest BCUT2D eigenvalue weighted by Crippen LogP contribution is 2.28. The van der Waals surface area contributed by atoms with Crippen molar-refractivity contribution in [2.75, 3.05) is 7.11 Å². The predicted octanol–water partition coefficient (Wildman–Crippen LogP) is 1.72. The van der Waals surface area contributed by atoms with Crippen molar-refractivity contribution in [2.24, 2.45) is 0 Å². The van der Waals surface area contributed by atoms with Crippen molar-refractivity contribution in [1.29, 1.82) is 0 Å². The maximum atomic E-state index is 5.92. The van der Waals surface area contributed by atoms with Gasteiger partial charge in [0.25, 0.3) is 5.88 Å². The van der Waals surface area contributed by atoms with E-state index in [0.717, 1.165) is 11.3 Å². The SMILES string of the molecule is COc1cc2nnc(-c3cc(C)on3)n2nc1OCc1ccnc2ccnn12. The molecule has 0 saturated carbocycles. The molecule has 5 aromatic rings. The lowest BCUT2D eigenvalue weighted by molar-refractivity contribution is 0.262. The molecule has 140 valence electrons. The predicted molar refractivity (Wildman–Crippen MR) is 94.9 cm³/mol. The molecule has 0 N–H and O–H groups in total. The molecule has 0 saturated heterocycles. The van der Waals surface area contributed by atoms with Crippen LogP contribution in [0.5, 0.6) is 11.6 Å². The van der Waals surface area contributed by atoms with E-state index in [4.69, 9.17) is 14.0 Å². The third-order valence-corrected chi connectivity index (χ3v) is 4.13. The summed E-state index contributed by atoms with van der Waals surface area (Å²) in [5.41, 5.74) is 2.58. The van der Waals surface area contributed by atoms with Crippen LogP contribution in [0.25, 0.3) is 22.8 Å². The molecular formula is C17H14N8O3. The van der Waals surface area contributed by atoms with Crippen molar-refractivity contribution in [1.82, 2.24) is 39.6 Å². The van der Waals surface area contributed by atoms with Crippen molar-refractivity contribution in [3.63, 3.8) is 0 Å². The van der Waals surface area contributed by atoms with Gasteiger partial charge in [-0.2, -0.15) is 9.61 Å². The Kier molecular flexibility index (Phi) is 3.64. The molecule has 0 spiro atoms. The highest BCUT2D eigenvalue weighted by Gasteiger charge is 2.18. The molecule has 0 fully saturated rings. The summed E-state index contributed by atoms with van der Waals surface area (Å²) in [6.07, 6.45) is 3.38. The van der Waals surface area contributed by atoms with Crippen molar-refractivity contribution < 1.29 is 14.0 Å². The van der Waals surface area contributed by atoms with Gasteiger partial charge in [0.05, 0.1) is 19.0 Å². The third-order valence-electron chi connectivity index (χ3n) is 4.13. The number of aromatic nitrogens is 8. The number of fused-ring (bicyclic) bond motifs is 2. The van der Waals surface area contributed by atoms with Gasteiger partial charge in [-0.1, -0.05) is 5.16 Å². The molecule has 0 aromatic carbocycles. The molecule has 0 radical (unpaired) electrons. The van der Waals surface area contributed by atoms with Crippen LogP contribution in [0.15, 0.2) is 41.2 Å². The Morgan fingerprint density at radius 2 is 2.00 bits per heavy atom. The number of nitrogens with zero attached hydrogens (tertiary/aromatic N) is 8. The second-order valence-corrected chi connectivity index (χ2v) is 5.96. The summed E-state index contributed by atoms with van der Waals surface area (Å²) in [4.78, 5) is 4.24. The van der Waals surface area contributed by atoms with Crippen LogP contribution in [0, 0.1) is 6.92 Å². The Hall–Kier alpha value is -4.02. The lowest BCUT2D eigenvalue weighted by Gasteiger charge is -2.10. The zero-order valence-corrected chi connectivity index (χ0v) is 15.0. The average Bonchev–Trinajstić information content (AvgIpc) is 3.44. The van der Waals surface area contributed by atoms with Crippen LogP contribution in [0.1, 0.15) is 11.5 Å². The summed E-state index contributed by atoms with van der Waals surface area (Å²) in [6, 6.07) is 7.10. The van der Waals surface area contributed by atoms with Crippen LogP contribution in [-0.2, 0) is 6.61 Å². The molecule has 5 aromatic heterocycles. The van der Waals surface area contributed by atoms with E-state index < -0.39 is 0 Å². The Morgan fingerprint density at radius 3 is 2.82 bits per heavy atom. The van der Waals surface area contributed by atoms with Crippen LogP contribution in [0.2, 0.25) is 0 Å². The van der Waals surface area contributed by atoms with Crippen LogP contribution < -0.4 is 9.47 Å². The summed E-state index contributed by atoms with van der Waals surface area (Å²) in [6.45, 7) is 2.02. The number of aryl methyl sites for hydroxylation is 1. The lowest BCUT2D eigenvalue weighted by Crippen LogP contribution is -2.07. The van der Waals surface area contributed by atoms with Gasteiger partial charge in [-0.15, -0.1) is 15.3 Å². The molecule has 0 atom stereocenters. The van der Waals surface area contributed by atoms with Crippen molar-refractivity contribution in [3.8, 4) is 23.1 Å². The van der Waals surface area contributed by atoms with E-state index >= 15 is 0 Å². The summed E-state index contributed by atoms with van der Waals surface area (Å²) in [5.74, 6) is 1.83. The fourth-order valence-corrected chi connectivity index (χ4v) is 2.81. The van der Waals surface area contributed by atoms with Crippen molar-refractivity contribution in [3.05, 3.63) is 48.1 Å². The minimum absolute atomic E-state index is 0.218. The fourth-order valence-electron chi connectivity index (χ4n) is 2.81. The molecule has 11 nitrogen and oxygen atoms in total. The zero-order valence-electron chi connectivity index (χ0n) is 15.0. The zero-order chi connectivity index (χ0) is 19.1. The van der Waals surface area contributed by atoms with Gasteiger partial charge in [-0.25, -0.2) is 9.50 Å². The molecule has 0 aliphatic heterocycles. The smallest absolute Gasteiger partial charge is 0.275 e. The first-order chi connectivity index (χ1) is 13.7. The van der Waals surface area contributed by atoms with Gasteiger partial charge < -0.3 is 14.0 Å². The van der Waals surface area contributed by atoms with Gasteiger partial charge in [-0.05, 0) is 13.0 Å². The summed E-state index contributed by atoms with van der Waals surface area (Å²) >= 11 is 0. The first kappa shape index (κ1) is 16.2. The summed E-state index contributed by atoms with van der Waals surface area (Å²) in [7, 11) is 1.54. The second kappa shape index (κ2) is 6.30. The molecule has 5 rings (SSSR count). The topological polar surface area (TPSA) is 118 Å². The fraction of sp³-hybridized carbons (Fsp3) is 0.176. The Morgan fingerprint density at radius 1 is 1.07 bits per heavy atom. The van der Waals surface area contributed by atoms with Gasteiger partial charge in [0.1, 0.15) is 12.4 Å². The Balaban J connectivity index is 1.53. The highest BCUT2D eigenvalue weighted by molar-refractivity contribution is 5.56. The molecule has 11 heteroatoms. The maximum absolute atomic E-state index is 5.92. The van der Waals surface area contributed by atoms with Gasteiger partial charge in [-0.3, -0.25) is 0 Å². The quantitative estimate of drug-likeness (QED) is 0.450. The Bertz CT molecular complexity index is 1290. The molecule has 5 heterocycles. The van der Waals surface area contributed by atoms with Crippen LogP contribution >= 0.6 is 0 Å². The number of hydrogen-bond donors (Lipinski definition) is 0. The summed E-state index contributed by atoms with van der Waals surface area (Å²) < 4.78 is 19.7. The highest BCUT2D eigenvalue weighted by atomic mass is 16.5. The largest absolute Gasteiger partial charge is 0.491 e. The standard InChI is InChI=1S/C17H14N8O3/c1-10-7-12(23-28-10)16-21-20-15-8-13(26-2)17(22-25(15)16)27-9-11-3-5-18-14-4-6-19-24(11)14/h3-8H,9H2,1-2H3. The second-order valence-electron chi connectivity index (χ2n) is 5.96. The number of methoxy groups -OCH3 is 1. The van der Waals surface area contributed by atoms with Gasteiger partial charge >= 0.3 is 0 Å². The van der Waals surface area contributed by atoms with E-state index in [1.165, 1.54) is 11.6 Å². The number of rotatable bonds is 5. The van der Waals surface area contributed by atoms with Gasteiger partial charge in [0.15, 0.2) is 22.7 Å². The summed E-state index contributed by atoms with van der Waals surface area (Å²) in [5, 5.41) is 21.0. The molecule has 28 heavy (non-hydrogen) atoms. The first-order valence-electron chi connectivity index (χ1n) is 8.37. The number of ether oxygens (including phenoxy) is 2. The minimum Gasteiger partial charge on any atom is -0.491 e. The molecule has 0 aliphatic carbocycles. The van der Waals surface area contributed by atoms with Crippen molar-refractivity contribution >= 4 is 11.3 Å². The van der Waals surface area contributed by atoms with E-state index in [0.29, 0.717) is 28.7 Å². The lowest BCUT2D eigenvalue weighted by atomic mass is 10.3. The normalized spacial score (nSPS) is 11.4. The maximum Gasteiger partial charge on any atom is 0.275 e. The van der Waals surface area contributed by atoms with Crippen LogP contribution in [-0.4, -0.2) is 46.7 Å². The first-order valence-corrected chi connectivity index (χ1v) is 8.37. The van der Waals surface area contributed by atoms with Gasteiger partial charge in [0.2, 0.25) is 5.82 Å². The minimum atomic E-state index is 0.218. The van der Waals surface area contributed by atoms with Crippen molar-refractivity contribution in [2.45, 2.75) is 13.5 Å². The van der Waals surface area contributed by atoms with E-state index in [9.17, 15) is 0 Å². The molecule has 0 aliphatic rings. The monoisotopic (exact) mass is 378 g/mol. The van der Waals surface area contributed by atoms with Gasteiger partial charge in [0, 0.05) is 24.4 Å². The van der Waals surface area contributed by atoms with E-state index in [-0.39, 0.29) is 12.5 Å². The molecule has 0 amide bonds. The average molecular weight is 378 g/mol. The van der Waals surface area contributed by atoms with E-state index in [1.54, 1.807) is 36.0 Å². The number of hydrogen-bond acceptors (Lipinski definition) is 9.